The lowest BCUT2D eigenvalue weighted by atomic mass is 10.0. The topological polar surface area (TPSA) is 89.6 Å². The minimum absolute atomic E-state index is 0.248. The van der Waals surface area contributed by atoms with Crippen LogP contribution in [0.25, 0.3) is 21.2 Å². The predicted octanol–water partition coefficient (Wildman–Crippen LogP) is 3.16. The van der Waals surface area contributed by atoms with E-state index in [2.05, 4.69) is 10.0 Å². The first kappa shape index (κ1) is 10.7. The molecule has 2 rings (SSSR count). The third-order valence-corrected chi connectivity index (χ3v) is 2.36. The number of amides is 1. The molecule has 5 heteroatoms. The molecule has 0 aliphatic rings. The van der Waals surface area contributed by atoms with E-state index in [9.17, 15) is 4.79 Å². The van der Waals surface area contributed by atoms with Crippen LogP contribution in [-0.2, 0) is 0 Å². The van der Waals surface area contributed by atoms with Gasteiger partial charge in [0.05, 0.1) is 11.6 Å². The summed E-state index contributed by atoms with van der Waals surface area (Å²) in [4.78, 5) is 14.1. The van der Waals surface area contributed by atoms with Gasteiger partial charge in [0.1, 0.15) is 0 Å². The molecular weight excluding hydrogens is 216 g/mol. The van der Waals surface area contributed by atoms with E-state index in [1.807, 2.05) is 12.1 Å². The number of azide groups is 1. The molecule has 2 aromatic rings. The third-order valence-electron chi connectivity index (χ3n) is 2.36. The SMILES string of the molecule is N#Cc1cc(C(=O)N=[N+]=[N-])c2ccccc2c1. The molecule has 0 spiro atoms. The van der Waals surface area contributed by atoms with Gasteiger partial charge in [-0.2, -0.15) is 5.26 Å². The number of hydrogen-bond donors (Lipinski definition) is 0. The summed E-state index contributed by atoms with van der Waals surface area (Å²) in [5.41, 5.74) is 8.88. The molecule has 1 amide bonds. The largest absolute Gasteiger partial charge is 0.287 e. The summed E-state index contributed by atoms with van der Waals surface area (Å²) in [6, 6.07) is 12.2. The van der Waals surface area contributed by atoms with Crippen LogP contribution in [0.4, 0.5) is 0 Å². The Morgan fingerprint density at radius 2 is 2.12 bits per heavy atom. The highest BCUT2D eigenvalue weighted by atomic mass is 16.1. The first-order valence-corrected chi connectivity index (χ1v) is 4.78. The smallest absolute Gasteiger partial charge is 0.249 e. The monoisotopic (exact) mass is 222 g/mol. The van der Waals surface area contributed by atoms with E-state index in [-0.39, 0.29) is 5.56 Å². The van der Waals surface area contributed by atoms with Gasteiger partial charge in [0.15, 0.2) is 0 Å². The molecule has 5 nitrogen and oxygen atoms in total. The van der Waals surface area contributed by atoms with Crippen molar-refractivity contribution in [2.24, 2.45) is 5.11 Å². The van der Waals surface area contributed by atoms with E-state index in [1.54, 1.807) is 24.3 Å². The number of nitriles is 1. The Morgan fingerprint density at radius 3 is 2.82 bits per heavy atom. The average Bonchev–Trinajstić information content (AvgIpc) is 2.37. The normalized spacial score (nSPS) is 9.35. The molecule has 2 aromatic carbocycles. The Hall–Kier alpha value is -2.83. The van der Waals surface area contributed by atoms with Crippen molar-refractivity contribution in [3.8, 4) is 6.07 Å². The third kappa shape index (κ3) is 1.93. The Morgan fingerprint density at radius 1 is 1.35 bits per heavy atom. The van der Waals surface area contributed by atoms with Gasteiger partial charge in [0.2, 0.25) is 5.91 Å². The quantitative estimate of drug-likeness (QED) is 0.421. The van der Waals surface area contributed by atoms with Crippen molar-refractivity contribution in [3.05, 3.63) is 58.0 Å². The number of benzene rings is 2. The van der Waals surface area contributed by atoms with Crippen LogP contribution in [-0.4, -0.2) is 5.91 Å². The molecule has 0 aliphatic heterocycles. The van der Waals surface area contributed by atoms with Crippen LogP contribution < -0.4 is 0 Å². The van der Waals surface area contributed by atoms with E-state index in [0.29, 0.717) is 10.9 Å². The molecule has 17 heavy (non-hydrogen) atoms. The maximum absolute atomic E-state index is 11.6. The fourth-order valence-corrected chi connectivity index (χ4v) is 1.65. The molecule has 0 atom stereocenters. The molecular formula is C12H6N4O. The molecule has 0 heterocycles. The summed E-state index contributed by atoms with van der Waals surface area (Å²) in [6.07, 6.45) is 0. The van der Waals surface area contributed by atoms with Gasteiger partial charge in [0.25, 0.3) is 0 Å². The second-order valence-corrected chi connectivity index (χ2v) is 3.35. The van der Waals surface area contributed by atoms with E-state index < -0.39 is 5.91 Å². The number of carbonyl (C=O) groups is 1. The number of rotatable bonds is 1. The minimum Gasteiger partial charge on any atom is -0.287 e. The van der Waals surface area contributed by atoms with E-state index in [4.69, 9.17) is 10.8 Å². The van der Waals surface area contributed by atoms with Crippen molar-refractivity contribution >= 4 is 16.7 Å². The molecule has 0 fully saturated rings. The summed E-state index contributed by atoms with van der Waals surface area (Å²) in [5.74, 6) is -0.680. The van der Waals surface area contributed by atoms with Gasteiger partial charge in [0, 0.05) is 10.5 Å². The highest BCUT2D eigenvalue weighted by molar-refractivity contribution is 6.08. The van der Waals surface area contributed by atoms with E-state index in [0.717, 1.165) is 5.39 Å². The summed E-state index contributed by atoms with van der Waals surface area (Å²) in [5, 5.41) is 13.4. The zero-order valence-electron chi connectivity index (χ0n) is 8.66. The maximum Gasteiger partial charge on any atom is 0.249 e. The number of hydrogen-bond acceptors (Lipinski definition) is 2. The second kappa shape index (κ2) is 4.35. The van der Waals surface area contributed by atoms with Crippen LogP contribution in [0.15, 0.2) is 41.5 Å². The Balaban J connectivity index is 2.80. The fourth-order valence-electron chi connectivity index (χ4n) is 1.65. The van der Waals surface area contributed by atoms with Crippen molar-refractivity contribution in [1.82, 2.24) is 0 Å². The fraction of sp³-hybridized carbons (Fsp3) is 0. The van der Waals surface area contributed by atoms with Crippen molar-refractivity contribution in [3.63, 3.8) is 0 Å². The first-order valence-electron chi connectivity index (χ1n) is 4.78. The van der Waals surface area contributed by atoms with Gasteiger partial charge in [-0.3, -0.25) is 4.79 Å². The highest BCUT2D eigenvalue weighted by Gasteiger charge is 2.09. The van der Waals surface area contributed by atoms with Crippen LogP contribution >= 0.6 is 0 Å². The van der Waals surface area contributed by atoms with Crippen LogP contribution in [0.5, 0.6) is 0 Å². The summed E-state index contributed by atoms with van der Waals surface area (Å²) in [6.45, 7) is 0. The van der Waals surface area contributed by atoms with Gasteiger partial charge in [-0.15, -0.1) is 0 Å². The molecule has 0 aromatic heterocycles. The van der Waals surface area contributed by atoms with Gasteiger partial charge in [-0.1, -0.05) is 24.3 Å². The summed E-state index contributed by atoms with van der Waals surface area (Å²) < 4.78 is 0. The lowest BCUT2D eigenvalue weighted by Crippen LogP contribution is -1.96. The Labute approximate surface area is 96.5 Å². The predicted molar refractivity (Wildman–Crippen MR) is 62.1 cm³/mol. The number of carbonyl (C=O) groups excluding carboxylic acids is 1. The first-order chi connectivity index (χ1) is 8.26. The Kier molecular flexibility index (Phi) is 2.73. The van der Waals surface area contributed by atoms with Crippen molar-refractivity contribution in [1.29, 1.82) is 5.26 Å². The molecule has 0 unspecified atom stereocenters. The van der Waals surface area contributed by atoms with Gasteiger partial charge in [-0.25, -0.2) is 0 Å². The van der Waals surface area contributed by atoms with Gasteiger partial charge >= 0.3 is 0 Å². The minimum atomic E-state index is -0.680. The Bertz CT molecular complexity index is 693. The summed E-state index contributed by atoms with van der Waals surface area (Å²) >= 11 is 0. The number of nitrogens with zero attached hydrogens (tertiary/aromatic N) is 4. The molecule has 0 N–H and O–H groups in total. The average molecular weight is 222 g/mol. The van der Waals surface area contributed by atoms with E-state index >= 15 is 0 Å². The lowest BCUT2D eigenvalue weighted by Gasteiger charge is -2.03. The molecule has 0 saturated heterocycles. The molecule has 0 bridgehead atoms. The van der Waals surface area contributed by atoms with Gasteiger partial charge in [-0.05, 0) is 33.6 Å². The van der Waals surface area contributed by atoms with Crippen LogP contribution in [0.1, 0.15) is 15.9 Å². The van der Waals surface area contributed by atoms with Crippen molar-refractivity contribution in [2.75, 3.05) is 0 Å². The second-order valence-electron chi connectivity index (χ2n) is 3.35. The molecule has 0 saturated carbocycles. The number of fused-ring (bicyclic) bond motifs is 1. The van der Waals surface area contributed by atoms with Gasteiger partial charge < -0.3 is 0 Å². The maximum atomic E-state index is 11.6. The lowest BCUT2D eigenvalue weighted by molar-refractivity contribution is 0.100. The standard InChI is InChI=1S/C12H6N4O/c13-7-8-5-9-3-1-2-4-10(9)11(6-8)12(17)15-16-14/h1-6H. The molecule has 80 valence electrons. The summed E-state index contributed by atoms with van der Waals surface area (Å²) in [7, 11) is 0. The van der Waals surface area contributed by atoms with Crippen molar-refractivity contribution < 1.29 is 4.79 Å². The van der Waals surface area contributed by atoms with Crippen LogP contribution in [0.2, 0.25) is 0 Å². The zero-order chi connectivity index (χ0) is 12.3. The van der Waals surface area contributed by atoms with Crippen LogP contribution in [0, 0.1) is 11.3 Å². The van der Waals surface area contributed by atoms with Crippen LogP contribution in [0.3, 0.4) is 0 Å². The highest BCUT2D eigenvalue weighted by Crippen LogP contribution is 2.21. The van der Waals surface area contributed by atoms with Crippen molar-refractivity contribution in [2.45, 2.75) is 0 Å². The van der Waals surface area contributed by atoms with E-state index in [1.165, 1.54) is 6.07 Å². The molecule has 0 radical (unpaired) electrons. The zero-order valence-corrected chi connectivity index (χ0v) is 8.66. The molecule has 0 aliphatic carbocycles.